The van der Waals surface area contributed by atoms with E-state index in [9.17, 15) is 0 Å². The van der Waals surface area contributed by atoms with Crippen LogP contribution < -0.4 is 19.5 Å². The van der Waals surface area contributed by atoms with Gasteiger partial charge in [-0.2, -0.15) is 0 Å². The Bertz CT molecular complexity index is 847. The molecule has 0 amide bonds. The van der Waals surface area contributed by atoms with Crippen molar-refractivity contribution >= 4 is 22.2 Å². The number of thiazole rings is 1. The molecule has 0 saturated heterocycles. The minimum absolute atomic E-state index is 0.274. The molecule has 0 unspecified atom stereocenters. The summed E-state index contributed by atoms with van der Waals surface area (Å²) in [6, 6.07) is 13.6. The summed E-state index contributed by atoms with van der Waals surface area (Å²) in [7, 11) is 1.65. The Morgan fingerprint density at radius 1 is 1.13 bits per heavy atom. The van der Waals surface area contributed by atoms with Gasteiger partial charge in [-0.25, -0.2) is 4.98 Å². The molecule has 0 spiro atoms. The van der Waals surface area contributed by atoms with E-state index >= 15 is 0 Å². The monoisotopic (exact) mass is 326 g/mol. The molecule has 0 saturated carbocycles. The van der Waals surface area contributed by atoms with E-state index in [2.05, 4.69) is 10.3 Å². The Morgan fingerprint density at radius 2 is 2.00 bits per heavy atom. The van der Waals surface area contributed by atoms with E-state index in [0.717, 1.165) is 39.3 Å². The first-order valence-electron chi connectivity index (χ1n) is 7.09. The smallest absolute Gasteiger partial charge is 0.231 e. The third-order valence-corrected chi connectivity index (χ3v) is 4.28. The van der Waals surface area contributed by atoms with Crippen LogP contribution in [0.2, 0.25) is 0 Å². The minimum Gasteiger partial charge on any atom is -0.495 e. The van der Waals surface area contributed by atoms with Crippen LogP contribution >= 0.6 is 11.3 Å². The third-order valence-electron chi connectivity index (χ3n) is 3.52. The van der Waals surface area contributed by atoms with Crippen LogP contribution in [-0.4, -0.2) is 18.9 Å². The van der Waals surface area contributed by atoms with Crippen molar-refractivity contribution in [1.29, 1.82) is 0 Å². The Morgan fingerprint density at radius 3 is 2.91 bits per heavy atom. The molecule has 0 aliphatic carbocycles. The molecular formula is C17H14N2O3S. The normalized spacial score (nSPS) is 12.2. The zero-order valence-electron chi connectivity index (χ0n) is 12.4. The zero-order valence-corrected chi connectivity index (χ0v) is 13.2. The Kier molecular flexibility index (Phi) is 3.51. The van der Waals surface area contributed by atoms with Crippen LogP contribution in [0.4, 0.5) is 10.8 Å². The van der Waals surface area contributed by atoms with Crippen LogP contribution in [-0.2, 0) is 0 Å². The lowest BCUT2D eigenvalue weighted by atomic mass is 10.1. The molecule has 1 N–H and O–H groups in total. The molecule has 0 bridgehead atoms. The van der Waals surface area contributed by atoms with Gasteiger partial charge in [-0.1, -0.05) is 12.1 Å². The highest BCUT2D eigenvalue weighted by Crippen LogP contribution is 2.37. The Balaban J connectivity index is 1.59. The van der Waals surface area contributed by atoms with Crippen molar-refractivity contribution < 1.29 is 14.2 Å². The topological polar surface area (TPSA) is 52.6 Å². The van der Waals surface area contributed by atoms with Crippen LogP contribution in [0.15, 0.2) is 47.8 Å². The summed E-state index contributed by atoms with van der Waals surface area (Å²) in [6.07, 6.45) is 0. The molecule has 5 nitrogen and oxygen atoms in total. The first kappa shape index (κ1) is 13.9. The maximum absolute atomic E-state index is 5.41. The van der Waals surface area contributed by atoms with Gasteiger partial charge >= 0.3 is 0 Å². The molecule has 1 aliphatic heterocycles. The number of nitrogens with zero attached hydrogens (tertiary/aromatic N) is 1. The average molecular weight is 326 g/mol. The predicted molar refractivity (Wildman–Crippen MR) is 89.9 cm³/mol. The van der Waals surface area contributed by atoms with Crippen molar-refractivity contribution in [2.24, 2.45) is 0 Å². The van der Waals surface area contributed by atoms with Crippen molar-refractivity contribution in [3.05, 3.63) is 47.8 Å². The quantitative estimate of drug-likeness (QED) is 0.775. The first-order valence-corrected chi connectivity index (χ1v) is 7.97. The van der Waals surface area contributed by atoms with Crippen molar-refractivity contribution in [2.75, 3.05) is 19.2 Å². The van der Waals surface area contributed by atoms with Gasteiger partial charge in [0.25, 0.3) is 0 Å². The molecule has 6 heteroatoms. The molecule has 0 fully saturated rings. The minimum atomic E-state index is 0.274. The maximum Gasteiger partial charge on any atom is 0.231 e. The number of ether oxygens (including phenoxy) is 3. The van der Waals surface area contributed by atoms with E-state index in [0.29, 0.717) is 0 Å². The van der Waals surface area contributed by atoms with E-state index in [-0.39, 0.29) is 6.79 Å². The highest BCUT2D eigenvalue weighted by molar-refractivity contribution is 7.14. The number of fused-ring (bicyclic) bond motifs is 1. The predicted octanol–water partition coefficient (Wildman–Crippen LogP) is 4.29. The van der Waals surface area contributed by atoms with Crippen molar-refractivity contribution in [2.45, 2.75) is 0 Å². The lowest BCUT2D eigenvalue weighted by Gasteiger charge is -2.08. The second-order valence-electron chi connectivity index (χ2n) is 4.93. The summed E-state index contributed by atoms with van der Waals surface area (Å²) >= 11 is 1.54. The second-order valence-corrected chi connectivity index (χ2v) is 5.79. The summed E-state index contributed by atoms with van der Waals surface area (Å²) in [4.78, 5) is 4.63. The van der Waals surface area contributed by atoms with Crippen LogP contribution in [0.1, 0.15) is 0 Å². The number of nitrogens with one attached hydrogen (secondary N) is 1. The molecule has 0 atom stereocenters. The van der Waals surface area contributed by atoms with Gasteiger partial charge in [0.15, 0.2) is 16.6 Å². The van der Waals surface area contributed by atoms with Gasteiger partial charge in [0.1, 0.15) is 5.75 Å². The fraction of sp³-hybridized carbons (Fsp3) is 0.118. The zero-order chi connectivity index (χ0) is 15.6. The molecule has 4 rings (SSSR count). The van der Waals surface area contributed by atoms with Crippen molar-refractivity contribution in [3.63, 3.8) is 0 Å². The second kappa shape index (κ2) is 5.81. The van der Waals surface area contributed by atoms with E-state index in [1.54, 1.807) is 18.4 Å². The summed E-state index contributed by atoms with van der Waals surface area (Å²) in [6.45, 7) is 0.274. The van der Waals surface area contributed by atoms with E-state index < -0.39 is 0 Å². The molecule has 0 radical (unpaired) electrons. The lowest BCUT2D eigenvalue weighted by Crippen LogP contribution is -1.93. The number of rotatable bonds is 4. The fourth-order valence-corrected chi connectivity index (χ4v) is 3.11. The molecular weight excluding hydrogens is 312 g/mol. The first-order chi connectivity index (χ1) is 11.3. The number of hydrogen-bond donors (Lipinski definition) is 1. The van der Waals surface area contributed by atoms with Crippen LogP contribution in [0.5, 0.6) is 17.2 Å². The maximum atomic E-state index is 5.41. The van der Waals surface area contributed by atoms with Gasteiger partial charge in [0, 0.05) is 10.9 Å². The molecule has 1 aromatic heterocycles. The number of methoxy groups -OCH3 is 1. The summed E-state index contributed by atoms with van der Waals surface area (Å²) in [5.74, 6) is 2.32. The highest BCUT2D eigenvalue weighted by atomic mass is 32.1. The summed E-state index contributed by atoms with van der Waals surface area (Å²) in [5.41, 5.74) is 2.78. The highest BCUT2D eigenvalue weighted by Gasteiger charge is 2.15. The SMILES string of the molecule is COc1ccccc1Nc1nc(-c2ccc3c(c2)OCO3)cs1. The average Bonchev–Trinajstić information content (AvgIpc) is 3.23. The molecule has 23 heavy (non-hydrogen) atoms. The fourth-order valence-electron chi connectivity index (χ4n) is 2.38. The lowest BCUT2D eigenvalue weighted by molar-refractivity contribution is 0.174. The number of anilines is 2. The number of para-hydroxylation sites is 2. The van der Waals surface area contributed by atoms with Gasteiger partial charge in [0.05, 0.1) is 18.5 Å². The van der Waals surface area contributed by atoms with Gasteiger partial charge in [-0.05, 0) is 30.3 Å². The molecule has 1 aliphatic rings. The van der Waals surface area contributed by atoms with Gasteiger partial charge in [-0.15, -0.1) is 11.3 Å². The molecule has 2 aromatic carbocycles. The van der Waals surface area contributed by atoms with Crippen LogP contribution in [0.3, 0.4) is 0 Å². The van der Waals surface area contributed by atoms with Crippen molar-refractivity contribution in [3.8, 4) is 28.5 Å². The standard InChI is InChI=1S/C17H14N2O3S/c1-20-14-5-3-2-4-12(14)18-17-19-13(9-23-17)11-6-7-15-16(8-11)22-10-21-15/h2-9H,10H2,1H3,(H,18,19). The third kappa shape index (κ3) is 2.68. The van der Waals surface area contributed by atoms with E-state index in [1.807, 2.05) is 47.8 Å². The van der Waals surface area contributed by atoms with Crippen LogP contribution in [0, 0.1) is 0 Å². The molecule has 3 aromatic rings. The number of hydrogen-bond acceptors (Lipinski definition) is 6. The van der Waals surface area contributed by atoms with Gasteiger partial charge < -0.3 is 19.5 Å². The number of benzene rings is 2. The summed E-state index contributed by atoms with van der Waals surface area (Å²) in [5, 5.41) is 6.11. The van der Waals surface area contributed by atoms with Crippen molar-refractivity contribution in [1.82, 2.24) is 4.98 Å². The van der Waals surface area contributed by atoms with Crippen LogP contribution in [0.25, 0.3) is 11.3 Å². The van der Waals surface area contributed by atoms with E-state index in [4.69, 9.17) is 14.2 Å². The molecule has 2 heterocycles. The molecule has 116 valence electrons. The Labute approximate surface area is 137 Å². The van der Waals surface area contributed by atoms with Gasteiger partial charge in [0.2, 0.25) is 6.79 Å². The largest absolute Gasteiger partial charge is 0.495 e. The van der Waals surface area contributed by atoms with Gasteiger partial charge in [-0.3, -0.25) is 0 Å². The Hall–Kier alpha value is -2.73. The number of aromatic nitrogens is 1. The summed E-state index contributed by atoms with van der Waals surface area (Å²) < 4.78 is 16.1. The van der Waals surface area contributed by atoms with E-state index in [1.165, 1.54) is 0 Å².